The van der Waals surface area contributed by atoms with Crippen molar-refractivity contribution in [3.05, 3.63) is 51.7 Å². The SMILES string of the molecule is COCCN(Cc1sccc1C)C[C@]1(c2cccc(OC)c2)CCOC1. The third kappa shape index (κ3) is 4.46. The zero-order chi connectivity index (χ0) is 18.4. The molecule has 0 bridgehead atoms. The Labute approximate surface area is 160 Å². The summed E-state index contributed by atoms with van der Waals surface area (Å²) in [7, 11) is 3.49. The molecule has 0 unspecified atom stereocenters. The van der Waals surface area contributed by atoms with Crippen molar-refractivity contribution in [1.29, 1.82) is 0 Å². The molecule has 0 saturated carbocycles. The van der Waals surface area contributed by atoms with E-state index in [0.717, 1.165) is 51.6 Å². The standard InChI is InChI=1S/C21H29NO3S/c1-17-7-12-26-20(17)14-22(9-11-23-2)15-21(8-10-25-16-21)18-5-4-6-19(13-18)24-3/h4-7,12-13H,8-11,14-16H2,1-3H3/t21-/m1/s1. The molecule has 0 spiro atoms. The lowest BCUT2D eigenvalue weighted by molar-refractivity contribution is 0.113. The first-order chi connectivity index (χ1) is 12.7. The molecule has 1 atom stereocenters. The Hall–Kier alpha value is -1.40. The van der Waals surface area contributed by atoms with Crippen LogP contribution in [-0.4, -0.2) is 52.0 Å². The van der Waals surface area contributed by atoms with Gasteiger partial charge in [-0.3, -0.25) is 4.90 Å². The van der Waals surface area contributed by atoms with E-state index in [-0.39, 0.29) is 5.41 Å². The Morgan fingerprint density at radius 2 is 2.15 bits per heavy atom. The lowest BCUT2D eigenvalue weighted by Gasteiger charge is -2.35. The van der Waals surface area contributed by atoms with E-state index < -0.39 is 0 Å². The number of nitrogens with zero attached hydrogens (tertiary/aromatic N) is 1. The van der Waals surface area contributed by atoms with Gasteiger partial charge < -0.3 is 14.2 Å². The largest absolute Gasteiger partial charge is 0.497 e. The van der Waals surface area contributed by atoms with Gasteiger partial charge in [0, 0.05) is 43.6 Å². The van der Waals surface area contributed by atoms with E-state index in [0.29, 0.717) is 0 Å². The number of methoxy groups -OCH3 is 2. The average molecular weight is 376 g/mol. The number of hydrogen-bond acceptors (Lipinski definition) is 5. The van der Waals surface area contributed by atoms with Crippen molar-refractivity contribution in [2.75, 3.05) is 47.1 Å². The fourth-order valence-corrected chi connectivity index (χ4v) is 4.58. The van der Waals surface area contributed by atoms with Gasteiger partial charge in [0.2, 0.25) is 0 Å². The lowest BCUT2D eigenvalue weighted by Crippen LogP contribution is -2.42. The number of hydrogen-bond donors (Lipinski definition) is 0. The predicted molar refractivity (Wildman–Crippen MR) is 106 cm³/mol. The maximum absolute atomic E-state index is 5.86. The molecule has 5 heteroatoms. The van der Waals surface area contributed by atoms with Crippen molar-refractivity contribution in [2.45, 2.75) is 25.3 Å². The highest BCUT2D eigenvalue weighted by Gasteiger charge is 2.38. The number of benzene rings is 1. The Morgan fingerprint density at radius 1 is 1.27 bits per heavy atom. The van der Waals surface area contributed by atoms with E-state index in [1.54, 1.807) is 14.2 Å². The predicted octanol–water partition coefficient (Wildman–Crippen LogP) is 3.87. The summed E-state index contributed by atoms with van der Waals surface area (Å²) in [4.78, 5) is 3.94. The Bertz CT molecular complexity index is 694. The van der Waals surface area contributed by atoms with E-state index >= 15 is 0 Å². The van der Waals surface area contributed by atoms with Crippen LogP contribution in [0.5, 0.6) is 5.75 Å². The molecule has 1 saturated heterocycles. The number of rotatable bonds is 9. The Kier molecular flexibility index (Phi) is 6.70. The van der Waals surface area contributed by atoms with Crippen molar-refractivity contribution < 1.29 is 14.2 Å². The molecule has 0 N–H and O–H groups in total. The van der Waals surface area contributed by atoms with Crippen LogP contribution in [0.25, 0.3) is 0 Å². The summed E-state index contributed by atoms with van der Waals surface area (Å²) in [6, 6.07) is 10.7. The Morgan fingerprint density at radius 3 is 2.81 bits per heavy atom. The van der Waals surface area contributed by atoms with Crippen LogP contribution in [0.2, 0.25) is 0 Å². The molecule has 142 valence electrons. The second kappa shape index (κ2) is 9.00. The average Bonchev–Trinajstić information content (AvgIpc) is 3.30. The molecule has 3 rings (SSSR count). The lowest BCUT2D eigenvalue weighted by atomic mass is 9.79. The van der Waals surface area contributed by atoms with E-state index in [9.17, 15) is 0 Å². The van der Waals surface area contributed by atoms with Gasteiger partial charge in [-0.2, -0.15) is 0 Å². The van der Waals surface area contributed by atoms with Crippen LogP contribution in [0.3, 0.4) is 0 Å². The van der Waals surface area contributed by atoms with Gasteiger partial charge in [0.25, 0.3) is 0 Å². The van der Waals surface area contributed by atoms with Crippen LogP contribution in [0.15, 0.2) is 35.7 Å². The molecule has 1 aliphatic rings. The molecule has 2 aromatic rings. The topological polar surface area (TPSA) is 30.9 Å². The minimum Gasteiger partial charge on any atom is -0.497 e. The van der Waals surface area contributed by atoms with Crippen LogP contribution in [0, 0.1) is 6.92 Å². The zero-order valence-corrected chi connectivity index (χ0v) is 16.8. The summed E-state index contributed by atoms with van der Waals surface area (Å²) in [5, 5.41) is 2.18. The second-order valence-corrected chi connectivity index (χ2v) is 8.05. The highest BCUT2D eigenvalue weighted by molar-refractivity contribution is 7.10. The minimum atomic E-state index is 0.00739. The molecule has 1 aromatic heterocycles. The van der Waals surface area contributed by atoms with Crippen molar-refractivity contribution >= 4 is 11.3 Å². The summed E-state index contributed by atoms with van der Waals surface area (Å²) < 4.78 is 16.7. The van der Waals surface area contributed by atoms with Crippen LogP contribution in [0.1, 0.15) is 22.4 Å². The first kappa shape index (κ1) is 19.4. The smallest absolute Gasteiger partial charge is 0.119 e. The highest BCUT2D eigenvalue weighted by Crippen LogP contribution is 2.36. The van der Waals surface area contributed by atoms with Gasteiger partial charge in [-0.1, -0.05) is 12.1 Å². The van der Waals surface area contributed by atoms with Gasteiger partial charge in [0.1, 0.15) is 5.75 Å². The summed E-state index contributed by atoms with van der Waals surface area (Å²) in [6.45, 7) is 7.33. The molecule has 0 radical (unpaired) electrons. The monoisotopic (exact) mass is 375 g/mol. The third-order valence-electron chi connectivity index (χ3n) is 5.26. The van der Waals surface area contributed by atoms with Gasteiger partial charge in [-0.15, -0.1) is 11.3 Å². The van der Waals surface area contributed by atoms with Crippen LogP contribution >= 0.6 is 11.3 Å². The molecular formula is C21H29NO3S. The van der Waals surface area contributed by atoms with Crippen LogP contribution in [-0.2, 0) is 21.4 Å². The van der Waals surface area contributed by atoms with Crippen molar-refractivity contribution in [2.24, 2.45) is 0 Å². The molecule has 4 nitrogen and oxygen atoms in total. The van der Waals surface area contributed by atoms with Crippen molar-refractivity contribution in [3.8, 4) is 5.75 Å². The first-order valence-electron chi connectivity index (χ1n) is 9.13. The number of thiophene rings is 1. The van der Waals surface area contributed by atoms with Gasteiger partial charge >= 0.3 is 0 Å². The molecule has 26 heavy (non-hydrogen) atoms. The second-order valence-electron chi connectivity index (χ2n) is 7.05. The molecule has 0 aliphatic carbocycles. The summed E-state index contributed by atoms with van der Waals surface area (Å²) in [5.74, 6) is 0.909. The molecule has 1 fully saturated rings. The molecule has 1 aromatic carbocycles. The van der Waals surface area contributed by atoms with Gasteiger partial charge in [0.05, 0.1) is 20.3 Å². The first-order valence-corrected chi connectivity index (χ1v) is 10.0. The third-order valence-corrected chi connectivity index (χ3v) is 6.27. The number of ether oxygens (including phenoxy) is 3. The molecule has 2 heterocycles. The van der Waals surface area contributed by atoms with E-state index in [4.69, 9.17) is 14.2 Å². The maximum atomic E-state index is 5.86. The van der Waals surface area contributed by atoms with Crippen LogP contribution in [0.4, 0.5) is 0 Å². The van der Waals surface area contributed by atoms with E-state index in [1.165, 1.54) is 16.0 Å². The molecule has 0 amide bonds. The fraction of sp³-hybridized carbons (Fsp3) is 0.524. The molecule has 1 aliphatic heterocycles. The zero-order valence-electron chi connectivity index (χ0n) is 16.0. The Balaban J connectivity index is 1.83. The fourth-order valence-electron chi connectivity index (χ4n) is 3.64. The van der Waals surface area contributed by atoms with Crippen LogP contribution < -0.4 is 4.74 Å². The van der Waals surface area contributed by atoms with Gasteiger partial charge in [-0.25, -0.2) is 0 Å². The molecular weight excluding hydrogens is 346 g/mol. The highest BCUT2D eigenvalue weighted by atomic mass is 32.1. The van der Waals surface area contributed by atoms with Gasteiger partial charge in [-0.05, 0) is 48.1 Å². The normalized spacial score (nSPS) is 20.0. The quantitative estimate of drug-likeness (QED) is 0.666. The minimum absolute atomic E-state index is 0.00739. The van der Waals surface area contributed by atoms with E-state index in [1.807, 2.05) is 17.4 Å². The summed E-state index contributed by atoms with van der Waals surface area (Å²) in [5.41, 5.74) is 2.68. The van der Waals surface area contributed by atoms with Crippen molar-refractivity contribution in [3.63, 3.8) is 0 Å². The number of aryl methyl sites for hydroxylation is 1. The summed E-state index contributed by atoms with van der Waals surface area (Å²) in [6.07, 6.45) is 1.03. The maximum Gasteiger partial charge on any atom is 0.119 e. The summed E-state index contributed by atoms with van der Waals surface area (Å²) >= 11 is 1.84. The van der Waals surface area contributed by atoms with Gasteiger partial charge in [0.15, 0.2) is 0 Å². The van der Waals surface area contributed by atoms with Crippen molar-refractivity contribution in [1.82, 2.24) is 4.90 Å². The van der Waals surface area contributed by atoms with E-state index in [2.05, 4.69) is 41.5 Å².